The quantitative estimate of drug-likeness (QED) is 0.813. The van der Waals surface area contributed by atoms with E-state index >= 15 is 0 Å². The largest absolute Gasteiger partial charge is 0.480 e. The molecular formula is C12H17ClN2O4S. The lowest BCUT2D eigenvalue weighted by Crippen LogP contribution is -2.44. The van der Waals surface area contributed by atoms with E-state index < -0.39 is 23.7 Å². The molecule has 0 radical (unpaired) electrons. The Hall–Kier alpha value is -1.34. The van der Waals surface area contributed by atoms with Crippen molar-refractivity contribution in [2.45, 2.75) is 44.7 Å². The summed E-state index contributed by atoms with van der Waals surface area (Å²) in [5, 5.41) is 13.8. The Morgan fingerprint density at radius 3 is 2.65 bits per heavy atom. The van der Waals surface area contributed by atoms with Gasteiger partial charge in [0.05, 0.1) is 16.6 Å². The summed E-state index contributed by atoms with van der Waals surface area (Å²) in [7, 11) is 0. The molecule has 1 atom stereocenters. The fourth-order valence-electron chi connectivity index (χ4n) is 1.33. The Bertz CT molecular complexity index is 484. The number of carboxylic acids is 1. The Morgan fingerprint density at radius 1 is 1.55 bits per heavy atom. The third kappa shape index (κ3) is 5.75. The van der Waals surface area contributed by atoms with Crippen LogP contribution in [0.5, 0.6) is 0 Å². The van der Waals surface area contributed by atoms with Crippen molar-refractivity contribution in [3.63, 3.8) is 0 Å². The lowest BCUT2D eigenvalue weighted by atomic mass is 10.2. The third-order valence-corrected chi connectivity index (χ3v) is 3.30. The summed E-state index contributed by atoms with van der Waals surface area (Å²) >= 11 is 6.94. The van der Waals surface area contributed by atoms with E-state index in [2.05, 4.69) is 10.3 Å². The van der Waals surface area contributed by atoms with Crippen LogP contribution in [0.4, 0.5) is 4.79 Å². The molecule has 0 aliphatic heterocycles. The summed E-state index contributed by atoms with van der Waals surface area (Å²) in [5.41, 5.74) is 0.00759. The molecule has 8 heteroatoms. The van der Waals surface area contributed by atoms with Crippen LogP contribution in [0.25, 0.3) is 0 Å². The van der Waals surface area contributed by atoms with Gasteiger partial charge in [-0.05, 0) is 20.8 Å². The lowest BCUT2D eigenvalue weighted by Gasteiger charge is -2.21. The molecule has 0 spiro atoms. The van der Waals surface area contributed by atoms with Crippen molar-refractivity contribution >= 4 is 35.0 Å². The van der Waals surface area contributed by atoms with Gasteiger partial charge in [-0.3, -0.25) is 0 Å². The Labute approximate surface area is 126 Å². The fraction of sp³-hybridized carbons (Fsp3) is 0.583. The van der Waals surface area contributed by atoms with E-state index in [0.29, 0.717) is 10.7 Å². The molecule has 1 rings (SSSR count). The van der Waals surface area contributed by atoms with Crippen LogP contribution in [0.15, 0.2) is 5.38 Å². The molecule has 2 N–H and O–H groups in total. The molecule has 20 heavy (non-hydrogen) atoms. The van der Waals surface area contributed by atoms with Crippen LogP contribution in [-0.4, -0.2) is 33.8 Å². The Kier molecular flexibility index (Phi) is 5.76. The first-order valence-electron chi connectivity index (χ1n) is 5.93. The van der Waals surface area contributed by atoms with Crippen LogP contribution in [0, 0.1) is 0 Å². The molecular weight excluding hydrogens is 304 g/mol. The first-order chi connectivity index (χ1) is 9.21. The predicted molar refractivity (Wildman–Crippen MR) is 76.2 cm³/mol. The second kappa shape index (κ2) is 6.90. The van der Waals surface area contributed by atoms with E-state index in [0.717, 1.165) is 0 Å². The van der Waals surface area contributed by atoms with Crippen molar-refractivity contribution in [1.29, 1.82) is 0 Å². The van der Waals surface area contributed by atoms with Gasteiger partial charge in [-0.1, -0.05) is 0 Å². The maximum Gasteiger partial charge on any atom is 0.408 e. The minimum absolute atomic E-state index is 0.0934. The molecule has 0 aliphatic carbocycles. The van der Waals surface area contributed by atoms with Gasteiger partial charge in [-0.15, -0.1) is 22.9 Å². The minimum Gasteiger partial charge on any atom is -0.480 e. The molecule has 0 saturated heterocycles. The van der Waals surface area contributed by atoms with Crippen LogP contribution < -0.4 is 5.32 Å². The van der Waals surface area contributed by atoms with E-state index in [1.54, 1.807) is 26.2 Å². The van der Waals surface area contributed by atoms with Crippen molar-refractivity contribution in [3.05, 3.63) is 16.1 Å². The molecule has 1 amide bonds. The number of aromatic nitrogens is 1. The topological polar surface area (TPSA) is 88.5 Å². The summed E-state index contributed by atoms with van der Waals surface area (Å²) in [6, 6.07) is -1.08. The average molecular weight is 321 g/mol. The van der Waals surface area contributed by atoms with E-state index in [1.165, 1.54) is 11.3 Å². The number of thiazole rings is 1. The molecule has 1 aromatic heterocycles. The molecule has 0 bridgehead atoms. The van der Waals surface area contributed by atoms with Gasteiger partial charge < -0.3 is 15.2 Å². The van der Waals surface area contributed by atoms with E-state index in [-0.39, 0.29) is 12.3 Å². The number of nitrogens with zero attached hydrogens (tertiary/aromatic N) is 1. The number of rotatable bonds is 5. The summed E-state index contributed by atoms with van der Waals surface area (Å²) in [6.07, 6.45) is -0.671. The molecule has 1 aromatic rings. The highest BCUT2D eigenvalue weighted by atomic mass is 35.5. The van der Waals surface area contributed by atoms with Crippen molar-refractivity contribution in [2.24, 2.45) is 0 Å². The number of halogens is 1. The summed E-state index contributed by atoms with van der Waals surface area (Å²) in [4.78, 5) is 26.9. The van der Waals surface area contributed by atoms with E-state index in [1.807, 2.05) is 0 Å². The molecule has 1 heterocycles. The Morgan fingerprint density at radius 2 is 2.20 bits per heavy atom. The van der Waals surface area contributed by atoms with Crippen molar-refractivity contribution in [1.82, 2.24) is 10.3 Å². The number of ether oxygens (including phenoxy) is 1. The summed E-state index contributed by atoms with van der Waals surface area (Å²) in [6.45, 7) is 5.11. The van der Waals surface area contributed by atoms with Gasteiger partial charge >= 0.3 is 12.1 Å². The second-order valence-electron chi connectivity index (χ2n) is 5.11. The summed E-state index contributed by atoms with van der Waals surface area (Å²) < 4.78 is 5.03. The number of nitrogens with one attached hydrogen (secondary N) is 1. The fourth-order valence-corrected chi connectivity index (χ4v) is 2.40. The minimum atomic E-state index is -1.14. The van der Waals surface area contributed by atoms with Crippen molar-refractivity contribution < 1.29 is 19.4 Å². The molecule has 0 saturated carbocycles. The van der Waals surface area contributed by atoms with Gasteiger partial charge in [-0.2, -0.15) is 0 Å². The smallest absolute Gasteiger partial charge is 0.408 e. The van der Waals surface area contributed by atoms with Gasteiger partial charge in [0.15, 0.2) is 0 Å². The predicted octanol–water partition coefficient (Wildman–Crippen LogP) is 2.40. The molecule has 0 fully saturated rings. The van der Waals surface area contributed by atoms with Crippen LogP contribution in [0.3, 0.4) is 0 Å². The number of amides is 1. The number of carbonyl (C=O) groups excluding carboxylic acids is 1. The highest BCUT2D eigenvalue weighted by molar-refractivity contribution is 7.09. The molecule has 112 valence electrons. The zero-order valence-electron chi connectivity index (χ0n) is 11.5. The zero-order chi connectivity index (χ0) is 15.3. The summed E-state index contributed by atoms with van der Waals surface area (Å²) in [5.74, 6) is -0.869. The standard InChI is InChI=1S/C12H17ClN2O4S/c1-12(2,3)19-11(18)15-8(10(16)17)4-9-14-7(5-13)6-20-9/h6,8H,4-5H2,1-3H3,(H,15,18)(H,16,17). The maximum absolute atomic E-state index is 11.6. The molecule has 1 unspecified atom stereocenters. The van der Waals surface area contributed by atoms with E-state index in [4.69, 9.17) is 21.4 Å². The van der Waals surface area contributed by atoms with Crippen LogP contribution >= 0.6 is 22.9 Å². The van der Waals surface area contributed by atoms with Gasteiger partial charge in [0, 0.05) is 11.8 Å². The molecule has 0 aliphatic rings. The zero-order valence-corrected chi connectivity index (χ0v) is 13.0. The van der Waals surface area contributed by atoms with Gasteiger partial charge in [-0.25, -0.2) is 14.6 Å². The maximum atomic E-state index is 11.6. The van der Waals surface area contributed by atoms with Crippen molar-refractivity contribution in [2.75, 3.05) is 0 Å². The monoisotopic (exact) mass is 320 g/mol. The number of hydrogen-bond acceptors (Lipinski definition) is 5. The average Bonchev–Trinajstić information content (AvgIpc) is 2.73. The highest BCUT2D eigenvalue weighted by Gasteiger charge is 2.25. The van der Waals surface area contributed by atoms with Crippen LogP contribution in [-0.2, 0) is 21.8 Å². The van der Waals surface area contributed by atoms with Crippen molar-refractivity contribution in [3.8, 4) is 0 Å². The molecule has 6 nitrogen and oxygen atoms in total. The normalized spacial score (nSPS) is 12.8. The van der Waals surface area contributed by atoms with Gasteiger partial charge in [0.1, 0.15) is 11.6 Å². The van der Waals surface area contributed by atoms with E-state index in [9.17, 15) is 9.59 Å². The number of carbonyl (C=O) groups is 2. The van der Waals surface area contributed by atoms with Crippen LogP contribution in [0.1, 0.15) is 31.5 Å². The van der Waals surface area contributed by atoms with Crippen LogP contribution in [0.2, 0.25) is 0 Å². The Balaban J connectivity index is 2.65. The third-order valence-electron chi connectivity index (χ3n) is 2.10. The number of alkyl halides is 1. The number of hydrogen-bond donors (Lipinski definition) is 2. The first kappa shape index (κ1) is 16.7. The number of aliphatic carboxylic acids is 1. The second-order valence-corrected chi connectivity index (χ2v) is 6.32. The molecule has 0 aromatic carbocycles. The SMILES string of the molecule is CC(C)(C)OC(=O)NC(Cc1nc(CCl)cs1)C(=O)O. The number of carboxylic acid groups (broad SMARTS) is 1. The first-order valence-corrected chi connectivity index (χ1v) is 7.34. The lowest BCUT2D eigenvalue weighted by molar-refractivity contribution is -0.139. The van der Waals surface area contributed by atoms with Gasteiger partial charge in [0.2, 0.25) is 0 Å². The number of alkyl carbamates (subject to hydrolysis) is 1. The van der Waals surface area contributed by atoms with Gasteiger partial charge in [0.25, 0.3) is 0 Å². The highest BCUT2D eigenvalue weighted by Crippen LogP contribution is 2.14.